The fourth-order valence-electron chi connectivity index (χ4n) is 2.92. The number of rotatable bonds is 5. The highest BCUT2D eigenvalue weighted by atomic mass is 35.5. The zero-order chi connectivity index (χ0) is 15.6. The van der Waals surface area contributed by atoms with Crippen LogP contribution in [0.3, 0.4) is 0 Å². The van der Waals surface area contributed by atoms with Crippen LogP contribution < -0.4 is 10.5 Å². The summed E-state index contributed by atoms with van der Waals surface area (Å²) in [7, 11) is -0.466. The number of sulfonamides is 1. The summed E-state index contributed by atoms with van der Waals surface area (Å²) in [6, 6.07) is 4.47. The minimum Gasteiger partial charge on any atom is -0.495 e. The number of methoxy groups -OCH3 is 1. The summed E-state index contributed by atoms with van der Waals surface area (Å²) in [6.07, 6.45) is 2.83. The Bertz CT molecular complexity index is 606. The van der Waals surface area contributed by atoms with Crippen molar-refractivity contribution in [3.05, 3.63) is 23.2 Å². The largest absolute Gasteiger partial charge is 0.495 e. The van der Waals surface area contributed by atoms with Crippen molar-refractivity contribution in [2.45, 2.75) is 30.2 Å². The lowest BCUT2D eigenvalue weighted by Gasteiger charge is -2.28. The fourth-order valence-corrected chi connectivity index (χ4v) is 4.72. The van der Waals surface area contributed by atoms with Crippen molar-refractivity contribution in [3.8, 4) is 5.75 Å². The van der Waals surface area contributed by atoms with Gasteiger partial charge in [0.2, 0.25) is 10.0 Å². The average Bonchev–Trinajstić information content (AvgIpc) is 2.94. The van der Waals surface area contributed by atoms with Crippen molar-refractivity contribution in [2.75, 3.05) is 20.7 Å². The van der Waals surface area contributed by atoms with Gasteiger partial charge in [-0.3, -0.25) is 0 Å². The van der Waals surface area contributed by atoms with E-state index in [0.717, 1.165) is 19.3 Å². The normalized spacial score (nSPS) is 22.7. The number of ether oxygens (including phenoxy) is 1. The van der Waals surface area contributed by atoms with Gasteiger partial charge in [0.25, 0.3) is 0 Å². The van der Waals surface area contributed by atoms with Gasteiger partial charge in [-0.25, -0.2) is 8.42 Å². The van der Waals surface area contributed by atoms with E-state index in [1.165, 1.54) is 23.5 Å². The fraction of sp³-hybridized carbons (Fsp3) is 0.571. The highest BCUT2D eigenvalue weighted by molar-refractivity contribution is 7.89. The highest BCUT2D eigenvalue weighted by Gasteiger charge is 2.36. The molecular weight excluding hydrogens is 312 g/mol. The second kappa shape index (κ2) is 6.52. The molecular formula is C14H21ClN2O3S. The van der Waals surface area contributed by atoms with Crippen LogP contribution in [0.5, 0.6) is 5.75 Å². The first kappa shape index (κ1) is 16.5. The third-order valence-corrected chi connectivity index (χ3v) is 6.36. The van der Waals surface area contributed by atoms with Gasteiger partial charge in [0, 0.05) is 13.1 Å². The maximum atomic E-state index is 12.7. The number of benzene rings is 1. The third-order valence-electron chi connectivity index (χ3n) is 4.19. The summed E-state index contributed by atoms with van der Waals surface area (Å²) in [4.78, 5) is 0.179. The molecule has 2 rings (SSSR count). The smallest absolute Gasteiger partial charge is 0.243 e. The molecule has 118 valence electrons. The molecule has 2 atom stereocenters. The van der Waals surface area contributed by atoms with Crippen molar-refractivity contribution in [1.29, 1.82) is 0 Å². The van der Waals surface area contributed by atoms with Crippen LogP contribution in [0.1, 0.15) is 19.3 Å². The molecule has 21 heavy (non-hydrogen) atoms. The average molecular weight is 333 g/mol. The van der Waals surface area contributed by atoms with Gasteiger partial charge in [-0.2, -0.15) is 4.31 Å². The van der Waals surface area contributed by atoms with Crippen LogP contribution in [-0.2, 0) is 10.0 Å². The molecule has 7 heteroatoms. The molecule has 2 N–H and O–H groups in total. The van der Waals surface area contributed by atoms with E-state index in [1.807, 2.05) is 0 Å². The summed E-state index contributed by atoms with van der Waals surface area (Å²) in [5.74, 6) is 0.678. The molecule has 5 nitrogen and oxygen atoms in total. The Morgan fingerprint density at radius 2 is 2.14 bits per heavy atom. The van der Waals surface area contributed by atoms with Crippen molar-refractivity contribution in [1.82, 2.24) is 4.31 Å². The highest BCUT2D eigenvalue weighted by Crippen LogP contribution is 2.33. The maximum Gasteiger partial charge on any atom is 0.243 e. The summed E-state index contributed by atoms with van der Waals surface area (Å²) in [5.41, 5.74) is 5.75. The zero-order valence-corrected chi connectivity index (χ0v) is 13.8. The first-order chi connectivity index (χ1) is 9.91. The van der Waals surface area contributed by atoms with Crippen molar-refractivity contribution < 1.29 is 13.2 Å². The lowest BCUT2D eigenvalue weighted by molar-refractivity contribution is 0.304. The van der Waals surface area contributed by atoms with E-state index in [2.05, 4.69) is 0 Å². The van der Waals surface area contributed by atoms with Gasteiger partial charge < -0.3 is 10.5 Å². The topological polar surface area (TPSA) is 72.6 Å². The predicted octanol–water partition coefficient (Wildman–Crippen LogP) is 2.10. The molecule has 0 aromatic heterocycles. The Kier molecular flexibility index (Phi) is 5.14. The van der Waals surface area contributed by atoms with Crippen LogP contribution in [-0.4, -0.2) is 39.5 Å². The molecule has 1 aliphatic rings. The minimum absolute atomic E-state index is 0.0409. The second-order valence-electron chi connectivity index (χ2n) is 5.31. The van der Waals surface area contributed by atoms with Gasteiger partial charge in [0.15, 0.2) is 0 Å². The Hall–Kier alpha value is -0.820. The van der Waals surface area contributed by atoms with Crippen LogP contribution >= 0.6 is 11.6 Å². The van der Waals surface area contributed by atoms with Crippen molar-refractivity contribution in [2.24, 2.45) is 11.7 Å². The molecule has 1 saturated carbocycles. The number of hydrogen-bond donors (Lipinski definition) is 1. The Balaban J connectivity index is 2.31. The number of nitrogens with two attached hydrogens (primary N) is 1. The van der Waals surface area contributed by atoms with Gasteiger partial charge in [-0.1, -0.05) is 18.0 Å². The summed E-state index contributed by atoms with van der Waals surface area (Å²) < 4.78 is 31.9. The number of halogens is 1. The standard InChI is InChI=1S/C14H21ClN2O3S/c1-17(13-5-3-4-10(13)9-16)21(18,19)11-6-7-14(20-2)12(15)8-11/h6-8,10,13H,3-5,9,16H2,1-2H3. The minimum atomic E-state index is -3.58. The molecule has 0 radical (unpaired) electrons. The molecule has 0 saturated heterocycles. The second-order valence-corrected chi connectivity index (χ2v) is 7.72. The molecule has 1 aromatic carbocycles. The Labute approximate surface area is 131 Å². The first-order valence-corrected chi connectivity index (χ1v) is 8.75. The monoisotopic (exact) mass is 332 g/mol. The molecule has 0 heterocycles. The molecule has 0 bridgehead atoms. The SMILES string of the molecule is COc1ccc(S(=O)(=O)N(C)C2CCCC2CN)cc1Cl. The predicted molar refractivity (Wildman–Crippen MR) is 83.1 cm³/mol. The molecule has 0 amide bonds. The van der Waals surface area contributed by atoms with Crippen LogP contribution in [0.4, 0.5) is 0 Å². The van der Waals surface area contributed by atoms with Gasteiger partial charge in [-0.05, 0) is 43.5 Å². The quantitative estimate of drug-likeness (QED) is 0.896. The van der Waals surface area contributed by atoms with Crippen LogP contribution in [0.2, 0.25) is 5.02 Å². The van der Waals surface area contributed by atoms with Gasteiger partial charge >= 0.3 is 0 Å². The van der Waals surface area contributed by atoms with Crippen molar-refractivity contribution >= 4 is 21.6 Å². The van der Waals surface area contributed by atoms with Gasteiger partial charge in [0.05, 0.1) is 17.0 Å². The number of nitrogens with zero attached hydrogens (tertiary/aromatic N) is 1. The molecule has 0 spiro atoms. The van der Waals surface area contributed by atoms with E-state index in [9.17, 15) is 8.42 Å². The first-order valence-electron chi connectivity index (χ1n) is 6.93. The molecule has 2 unspecified atom stereocenters. The number of hydrogen-bond acceptors (Lipinski definition) is 4. The lowest BCUT2D eigenvalue weighted by atomic mass is 10.0. The Morgan fingerprint density at radius 1 is 1.43 bits per heavy atom. The zero-order valence-electron chi connectivity index (χ0n) is 12.3. The summed E-state index contributed by atoms with van der Waals surface area (Å²) in [5, 5.41) is 0.286. The third kappa shape index (κ3) is 3.18. The summed E-state index contributed by atoms with van der Waals surface area (Å²) in [6.45, 7) is 0.508. The molecule has 1 aromatic rings. The van der Waals surface area contributed by atoms with E-state index in [-0.39, 0.29) is 21.9 Å². The van der Waals surface area contributed by atoms with E-state index in [4.69, 9.17) is 22.1 Å². The Morgan fingerprint density at radius 3 is 2.71 bits per heavy atom. The lowest BCUT2D eigenvalue weighted by Crippen LogP contribution is -2.41. The van der Waals surface area contributed by atoms with E-state index in [0.29, 0.717) is 12.3 Å². The molecule has 0 aliphatic heterocycles. The van der Waals surface area contributed by atoms with Crippen LogP contribution in [0.25, 0.3) is 0 Å². The van der Waals surface area contributed by atoms with Gasteiger partial charge in [0.1, 0.15) is 5.75 Å². The van der Waals surface area contributed by atoms with Crippen LogP contribution in [0.15, 0.2) is 23.1 Å². The maximum absolute atomic E-state index is 12.7. The van der Waals surface area contributed by atoms with E-state index < -0.39 is 10.0 Å². The van der Waals surface area contributed by atoms with E-state index in [1.54, 1.807) is 13.1 Å². The van der Waals surface area contributed by atoms with Crippen LogP contribution in [0, 0.1) is 5.92 Å². The molecule has 1 fully saturated rings. The molecule has 1 aliphatic carbocycles. The summed E-state index contributed by atoms with van der Waals surface area (Å²) >= 11 is 6.03. The van der Waals surface area contributed by atoms with E-state index >= 15 is 0 Å². The van der Waals surface area contributed by atoms with Crippen molar-refractivity contribution in [3.63, 3.8) is 0 Å². The van der Waals surface area contributed by atoms with Gasteiger partial charge in [-0.15, -0.1) is 0 Å².